The van der Waals surface area contributed by atoms with Crippen molar-refractivity contribution in [3.63, 3.8) is 0 Å². The van der Waals surface area contributed by atoms with Gasteiger partial charge in [-0.05, 0) is 71.6 Å². The summed E-state index contributed by atoms with van der Waals surface area (Å²) in [7, 11) is 0. The van der Waals surface area contributed by atoms with E-state index in [1.54, 1.807) is 0 Å². The van der Waals surface area contributed by atoms with Gasteiger partial charge >= 0.3 is 0 Å². The maximum atomic E-state index is 6.64. The monoisotopic (exact) mass is 608 g/mol. The molecule has 0 saturated carbocycles. The van der Waals surface area contributed by atoms with Gasteiger partial charge in [0.05, 0.1) is 16.9 Å². The van der Waals surface area contributed by atoms with E-state index in [0.29, 0.717) is 0 Å². The van der Waals surface area contributed by atoms with Crippen molar-refractivity contribution in [2.45, 2.75) is 19.3 Å². The maximum Gasteiger partial charge on any atom is 0.145 e. The molecule has 0 fully saturated rings. The van der Waals surface area contributed by atoms with Gasteiger partial charge in [0.1, 0.15) is 34.1 Å². The largest absolute Gasteiger partial charge is 0.457 e. The molecule has 0 aliphatic carbocycles. The van der Waals surface area contributed by atoms with Crippen LogP contribution in [0.1, 0.15) is 25.0 Å². The molecular weight excluding hydrogens is 580 g/mol. The fourth-order valence-corrected chi connectivity index (χ4v) is 7.61. The van der Waals surface area contributed by atoms with Gasteiger partial charge in [0.15, 0.2) is 0 Å². The Morgan fingerprint density at radius 1 is 0.638 bits per heavy atom. The summed E-state index contributed by atoms with van der Waals surface area (Å²) >= 11 is 0. The smallest absolute Gasteiger partial charge is 0.145 e. The van der Waals surface area contributed by atoms with Crippen LogP contribution in [0.25, 0.3) is 49.3 Å². The molecule has 0 N–H and O–H groups in total. The number of benzene rings is 5. The fraction of sp³-hybridized carbons (Fsp3) is 0.0732. The van der Waals surface area contributed by atoms with Crippen LogP contribution < -0.4 is 9.64 Å². The number of furan rings is 1. The van der Waals surface area contributed by atoms with Crippen molar-refractivity contribution in [1.82, 2.24) is 14.4 Å². The van der Waals surface area contributed by atoms with Crippen LogP contribution in [0.5, 0.6) is 11.5 Å². The Bertz CT molecular complexity index is 2710. The Morgan fingerprint density at radius 2 is 1.43 bits per heavy atom. The van der Waals surface area contributed by atoms with Gasteiger partial charge in [-0.1, -0.05) is 62.4 Å². The topological polar surface area (TPSA) is 55.8 Å². The lowest BCUT2D eigenvalue weighted by Crippen LogP contribution is -2.31. The van der Waals surface area contributed by atoms with Gasteiger partial charge < -0.3 is 9.15 Å². The van der Waals surface area contributed by atoms with Crippen LogP contribution in [0.15, 0.2) is 138 Å². The van der Waals surface area contributed by atoms with Crippen molar-refractivity contribution in [2.24, 2.45) is 0 Å². The summed E-state index contributed by atoms with van der Waals surface area (Å²) in [4.78, 5) is 11.7. The third kappa shape index (κ3) is 3.66. The van der Waals surface area contributed by atoms with E-state index in [2.05, 4.69) is 102 Å². The highest BCUT2D eigenvalue weighted by Crippen LogP contribution is 2.55. The minimum Gasteiger partial charge on any atom is -0.457 e. The number of anilines is 3. The summed E-state index contributed by atoms with van der Waals surface area (Å²) in [5, 5.41) is 5.61. The molecule has 47 heavy (non-hydrogen) atoms. The molecule has 10 rings (SSSR count). The average molecular weight is 609 g/mol. The Hall–Kier alpha value is -6.14. The molecule has 0 radical (unpaired) electrons. The SMILES string of the molecule is CC1(C)c2ccc(Oc3ccc4c5ccccc5n5ccnc5c4c3)cc2N(c2ccccn2)c2ccc3c(oc4ccccc43)c21. The number of ether oxygens (including phenoxy) is 1. The van der Waals surface area contributed by atoms with Crippen LogP contribution >= 0.6 is 0 Å². The molecule has 0 bridgehead atoms. The summed E-state index contributed by atoms with van der Waals surface area (Å²) in [5.74, 6) is 2.33. The van der Waals surface area contributed by atoms with Crippen LogP contribution in [-0.4, -0.2) is 14.4 Å². The van der Waals surface area contributed by atoms with Crippen LogP contribution in [0.2, 0.25) is 0 Å². The zero-order valence-corrected chi connectivity index (χ0v) is 25.8. The van der Waals surface area contributed by atoms with Gasteiger partial charge in [-0.15, -0.1) is 0 Å². The third-order valence-corrected chi connectivity index (χ3v) is 9.71. The standard InChI is InChI=1S/C41H28N4O2/c1-41(2)32-18-15-26(46-25-14-16-27-28-9-3-5-11-33(28)44-22-21-43-40(44)31(27)23-25)24-35(32)45(37-13-7-8-20-42-37)34-19-17-30-29-10-4-6-12-36(29)47-39(30)38(34)41/h3-24H,1-2H3. The highest BCUT2D eigenvalue weighted by Gasteiger charge is 2.40. The summed E-state index contributed by atoms with van der Waals surface area (Å²) in [5.41, 5.74) is 7.86. The first-order valence-electron chi connectivity index (χ1n) is 15.8. The van der Waals surface area contributed by atoms with Crippen molar-refractivity contribution in [3.8, 4) is 11.5 Å². The maximum absolute atomic E-state index is 6.64. The Balaban J connectivity index is 1.14. The first kappa shape index (κ1) is 26.1. The number of nitrogens with zero attached hydrogens (tertiary/aromatic N) is 4. The number of rotatable bonds is 3. The van der Waals surface area contributed by atoms with Gasteiger partial charge in [-0.25, -0.2) is 9.97 Å². The van der Waals surface area contributed by atoms with Crippen molar-refractivity contribution >= 4 is 66.5 Å². The minimum absolute atomic E-state index is 0.363. The first-order chi connectivity index (χ1) is 23.1. The lowest BCUT2D eigenvalue weighted by molar-refractivity contribution is 0.482. The predicted octanol–water partition coefficient (Wildman–Crippen LogP) is 10.8. The van der Waals surface area contributed by atoms with Gasteiger partial charge in [0.25, 0.3) is 0 Å². The number of hydrogen-bond donors (Lipinski definition) is 0. The zero-order chi connectivity index (χ0) is 31.3. The summed E-state index contributed by atoms with van der Waals surface area (Å²) in [6, 6.07) is 39.7. The zero-order valence-electron chi connectivity index (χ0n) is 25.8. The van der Waals surface area contributed by atoms with Crippen LogP contribution in [-0.2, 0) is 5.41 Å². The number of imidazole rings is 1. The van der Waals surface area contributed by atoms with E-state index in [-0.39, 0.29) is 5.41 Å². The molecular formula is C41H28N4O2. The molecule has 1 aliphatic heterocycles. The van der Waals surface area contributed by atoms with Gasteiger partial charge in [-0.2, -0.15) is 0 Å². The van der Waals surface area contributed by atoms with E-state index in [0.717, 1.165) is 78.1 Å². The predicted molar refractivity (Wildman–Crippen MR) is 189 cm³/mol. The van der Waals surface area contributed by atoms with E-state index < -0.39 is 0 Å². The van der Waals surface area contributed by atoms with Crippen molar-refractivity contribution in [3.05, 3.63) is 145 Å². The quantitative estimate of drug-likeness (QED) is 0.187. The van der Waals surface area contributed by atoms with E-state index in [1.165, 1.54) is 10.9 Å². The lowest BCUT2D eigenvalue weighted by atomic mass is 9.73. The average Bonchev–Trinajstić information content (AvgIpc) is 3.74. The molecule has 4 aromatic heterocycles. The van der Waals surface area contributed by atoms with Gasteiger partial charge in [0, 0.05) is 57.2 Å². The third-order valence-electron chi connectivity index (χ3n) is 9.71. The number of pyridine rings is 2. The Kier molecular flexibility index (Phi) is 5.24. The Labute approximate surface area is 270 Å². The molecule has 6 nitrogen and oxygen atoms in total. The molecule has 1 aliphatic rings. The second kappa shape index (κ2) is 9.44. The second-order valence-electron chi connectivity index (χ2n) is 12.7. The second-order valence-corrected chi connectivity index (χ2v) is 12.7. The molecule has 0 atom stereocenters. The molecule has 0 saturated heterocycles. The summed E-state index contributed by atoms with van der Waals surface area (Å²) in [6.07, 6.45) is 5.70. The van der Waals surface area contributed by atoms with Crippen LogP contribution in [0.4, 0.5) is 17.2 Å². The lowest BCUT2D eigenvalue weighted by Gasteiger charge is -2.41. The number of aromatic nitrogens is 3. The Morgan fingerprint density at radius 3 is 2.32 bits per heavy atom. The first-order valence-corrected chi connectivity index (χ1v) is 15.8. The highest BCUT2D eigenvalue weighted by atomic mass is 16.5. The molecule has 0 spiro atoms. The number of fused-ring (bicyclic) bond motifs is 12. The fourth-order valence-electron chi connectivity index (χ4n) is 7.61. The van der Waals surface area contributed by atoms with Crippen molar-refractivity contribution in [2.75, 3.05) is 4.90 Å². The van der Waals surface area contributed by atoms with Gasteiger partial charge in [0.2, 0.25) is 0 Å². The van der Waals surface area contributed by atoms with E-state index >= 15 is 0 Å². The molecule has 9 aromatic rings. The van der Waals surface area contributed by atoms with Crippen LogP contribution in [0, 0.1) is 0 Å². The minimum atomic E-state index is -0.363. The molecule has 6 heteroatoms. The highest BCUT2D eigenvalue weighted by molar-refractivity contribution is 6.12. The van der Waals surface area contributed by atoms with Crippen molar-refractivity contribution < 1.29 is 9.15 Å². The number of hydrogen-bond acceptors (Lipinski definition) is 5. The van der Waals surface area contributed by atoms with Crippen LogP contribution in [0.3, 0.4) is 0 Å². The molecule has 5 aromatic carbocycles. The van der Waals surface area contributed by atoms with Crippen molar-refractivity contribution in [1.29, 1.82) is 0 Å². The summed E-state index contributed by atoms with van der Waals surface area (Å²) in [6.45, 7) is 4.55. The molecule has 224 valence electrons. The normalized spacial score (nSPS) is 13.9. The van der Waals surface area contributed by atoms with E-state index in [9.17, 15) is 0 Å². The van der Waals surface area contributed by atoms with E-state index in [1.807, 2.05) is 55.0 Å². The summed E-state index contributed by atoms with van der Waals surface area (Å²) < 4.78 is 15.4. The molecule has 0 amide bonds. The van der Waals surface area contributed by atoms with E-state index in [4.69, 9.17) is 19.1 Å². The molecule has 0 unspecified atom stereocenters. The number of para-hydroxylation sites is 2. The molecule has 5 heterocycles. The van der Waals surface area contributed by atoms with Gasteiger partial charge in [-0.3, -0.25) is 9.30 Å².